The molecule has 2 unspecified atom stereocenters. The van der Waals surface area contributed by atoms with Gasteiger partial charge in [-0.1, -0.05) is 65.0 Å². The van der Waals surface area contributed by atoms with E-state index in [-0.39, 0.29) is 47.1 Å². The van der Waals surface area contributed by atoms with Crippen LogP contribution in [0.15, 0.2) is 89.2 Å². The van der Waals surface area contributed by atoms with E-state index in [2.05, 4.69) is 38.3 Å². The lowest BCUT2D eigenvalue weighted by atomic mass is 9.95. The van der Waals surface area contributed by atoms with Crippen molar-refractivity contribution in [3.8, 4) is 0 Å². The Morgan fingerprint density at radius 3 is 2.40 bits per heavy atom. The maximum atomic E-state index is 14.5. The van der Waals surface area contributed by atoms with E-state index in [0.29, 0.717) is 69.8 Å². The summed E-state index contributed by atoms with van der Waals surface area (Å²) in [7, 11) is 0. The minimum Gasteiger partial charge on any atom is -0.506 e. The largest absolute Gasteiger partial charge is 0.506 e. The summed E-state index contributed by atoms with van der Waals surface area (Å²) in [5, 5.41) is 17.3. The lowest BCUT2D eigenvalue weighted by molar-refractivity contribution is -0.120. The van der Waals surface area contributed by atoms with Crippen LogP contribution in [0.3, 0.4) is 0 Å². The number of nitrogens with two attached hydrogens (primary N) is 1. The summed E-state index contributed by atoms with van der Waals surface area (Å²) < 4.78 is 16.2. The van der Waals surface area contributed by atoms with E-state index in [1.165, 1.54) is 18.9 Å². The number of nitrogens with zero attached hydrogens (tertiary/aromatic N) is 4. The van der Waals surface area contributed by atoms with Crippen LogP contribution in [0.2, 0.25) is 0 Å². The standard InChI is InChI=1S/C35H50FN7O3.2C2H6.C2H4/c1-3-29(33(37)31(44)23-25(2)41-18-20-42(21-19-41)30-14-6-4-5-13-28(30)36)38-32(45)24-26-11-7-8-12-27-34(26)39-43(35(27)46)22-17-40-15-9-10-16-40;3*1-2/h4-5,7-8,13-14,23,25-26,39,44H,3,6,9-12,15-22,24,37H2,1-2H3,(H,38,45);2*1-2H3;1-2H2/b31-23+,33-29-;;;. The van der Waals surface area contributed by atoms with E-state index < -0.39 is 0 Å². The number of allylic oxidation sites excluding steroid dienone is 8. The molecule has 2 aliphatic carbocycles. The number of nitrogens with one attached hydrogen (secondary N) is 2. The van der Waals surface area contributed by atoms with Crippen molar-refractivity contribution in [2.45, 2.75) is 105 Å². The smallest absolute Gasteiger partial charge is 0.270 e. The predicted octanol–water partition coefficient (Wildman–Crippen LogP) is 6.94. The number of carbonyl (C=O) groups is 1. The summed E-state index contributed by atoms with van der Waals surface area (Å²) in [6.07, 6.45) is 17.8. The first-order valence-electron chi connectivity index (χ1n) is 19.4. The summed E-state index contributed by atoms with van der Waals surface area (Å²) in [5.41, 5.74) is 9.21. The number of likely N-dealkylation sites (tertiary alicyclic amines) is 1. The van der Waals surface area contributed by atoms with Gasteiger partial charge in [0.05, 0.1) is 17.9 Å². The van der Waals surface area contributed by atoms with Crippen LogP contribution in [0, 0.1) is 0 Å². The third-order valence-electron chi connectivity index (χ3n) is 9.62. The van der Waals surface area contributed by atoms with Crippen molar-refractivity contribution < 1.29 is 14.3 Å². The highest BCUT2D eigenvalue weighted by molar-refractivity contribution is 5.79. The molecule has 1 aromatic heterocycles. The van der Waals surface area contributed by atoms with E-state index in [0.717, 1.165) is 30.9 Å². The molecule has 3 heterocycles. The lowest BCUT2D eigenvalue weighted by Crippen LogP contribution is -2.48. The highest BCUT2D eigenvalue weighted by Crippen LogP contribution is 2.28. The molecule has 4 aliphatic rings. The molecule has 1 amide bonds. The Morgan fingerprint density at radius 1 is 1.08 bits per heavy atom. The van der Waals surface area contributed by atoms with Gasteiger partial charge in [-0.05, 0) is 70.7 Å². The first-order chi connectivity index (χ1) is 25.2. The van der Waals surface area contributed by atoms with Crippen LogP contribution >= 0.6 is 0 Å². The second-order valence-electron chi connectivity index (χ2n) is 12.7. The van der Waals surface area contributed by atoms with Gasteiger partial charge >= 0.3 is 0 Å². The Kier molecular flexibility index (Phi) is 19.9. The van der Waals surface area contributed by atoms with Crippen LogP contribution in [0.25, 0.3) is 0 Å². The molecular weight excluding hydrogens is 657 g/mol. The van der Waals surface area contributed by atoms with Gasteiger partial charge in [0, 0.05) is 68.1 Å². The number of hydrogen-bond acceptors (Lipinski definition) is 7. The molecule has 0 saturated carbocycles. The Balaban J connectivity index is 0.00000148. The van der Waals surface area contributed by atoms with Crippen LogP contribution in [-0.2, 0) is 17.8 Å². The fourth-order valence-corrected chi connectivity index (χ4v) is 6.86. The quantitative estimate of drug-likeness (QED) is 0.111. The van der Waals surface area contributed by atoms with Gasteiger partial charge < -0.3 is 26.0 Å². The average Bonchev–Trinajstić information content (AvgIpc) is 3.68. The third-order valence-corrected chi connectivity index (χ3v) is 9.62. The molecule has 10 nitrogen and oxygen atoms in total. The Hall–Kier alpha value is -4.09. The van der Waals surface area contributed by atoms with Gasteiger partial charge in [-0.2, -0.15) is 0 Å². The molecule has 2 saturated heterocycles. The maximum Gasteiger partial charge on any atom is 0.270 e. The van der Waals surface area contributed by atoms with Crippen molar-refractivity contribution in [1.29, 1.82) is 0 Å². The molecule has 0 spiro atoms. The lowest BCUT2D eigenvalue weighted by Gasteiger charge is -2.39. The third kappa shape index (κ3) is 12.3. The van der Waals surface area contributed by atoms with Crippen LogP contribution < -0.4 is 16.6 Å². The molecule has 0 bridgehead atoms. The second-order valence-corrected chi connectivity index (χ2v) is 12.7. The fourth-order valence-electron chi connectivity index (χ4n) is 6.86. The van der Waals surface area contributed by atoms with Crippen molar-refractivity contribution in [1.82, 2.24) is 29.8 Å². The topological polar surface area (TPSA) is 123 Å². The van der Waals surface area contributed by atoms with E-state index in [9.17, 15) is 19.1 Å². The minimum absolute atomic E-state index is 0.00189. The van der Waals surface area contributed by atoms with Gasteiger partial charge in [-0.25, -0.2) is 4.39 Å². The van der Waals surface area contributed by atoms with Gasteiger partial charge in [-0.3, -0.25) is 24.3 Å². The number of carbonyl (C=O) groups excluding carboxylic acids is 1. The van der Waals surface area contributed by atoms with Crippen molar-refractivity contribution in [3.63, 3.8) is 0 Å². The summed E-state index contributed by atoms with van der Waals surface area (Å²) >= 11 is 0. The molecule has 52 heavy (non-hydrogen) atoms. The number of hydrogen-bond donors (Lipinski definition) is 4. The monoisotopic (exact) mass is 724 g/mol. The molecule has 5 rings (SSSR count). The fraction of sp³-hybridized carbons (Fsp3) is 0.561. The van der Waals surface area contributed by atoms with Crippen molar-refractivity contribution in [3.05, 3.63) is 106 Å². The van der Waals surface area contributed by atoms with E-state index in [4.69, 9.17) is 5.73 Å². The minimum atomic E-state index is -0.213. The van der Waals surface area contributed by atoms with Crippen LogP contribution in [-0.4, -0.2) is 87.3 Å². The highest BCUT2D eigenvalue weighted by atomic mass is 19.1. The molecule has 5 N–H and O–H groups in total. The first-order valence-corrected chi connectivity index (χ1v) is 19.4. The van der Waals surface area contributed by atoms with E-state index in [1.54, 1.807) is 16.8 Å². The number of piperazine rings is 1. The number of aromatic nitrogens is 2. The summed E-state index contributed by atoms with van der Waals surface area (Å²) in [4.78, 5) is 33.2. The molecule has 0 aromatic carbocycles. The summed E-state index contributed by atoms with van der Waals surface area (Å²) in [6, 6.07) is -0.109. The van der Waals surface area contributed by atoms with Gasteiger partial charge in [-0.15, -0.1) is 13.2 Å². The van der Waals surface area contributed by atoms with Gasteiger partial charge in [0.2, 0.25) is 5.91 Å². The van der Waals surface area contributed by atoms with Crippen LogP contribution in [0.1, 0.15) is 97.2 Å². The number of fused-ring (bicyclic) bond motifs is 1. The second kappa shape index (κ2) is 23.5. The van der Waals surface area contributed by atoms with Crippen molar-refractivity contribution in [2.24, 2.45) is 5.73 Å². The highest BCUT2D eigenvalue weighted by Gasteiger charge is 2.27. The Bertz CT molecular complexity index is 1500. The number of rotatable bonds is 11. The molecule has 2 atom stereocenters. The molecule has 0 radical (unpaired) electrons. The zero-order chi connectivity index (χ0) is 38.6. The first kappa shape index (κ1) is 44.1. The van der Waals surface area contributed by atoms with Gasteiger partial charge in [0.25, 0.3) is 5.56 Å². The summed E-state index contributed by atoms with van der Waals surface area (Å²) in [6.45, 7) is 24.3. The number of aliphatic hydroxyl groups is 1. The van der Waals surface area contributed by atoms with Gasteiger partial charge in [0.1, 0.15) is 11.6 Å². The Labute approximate surface area is 312 Å². The molecule has 290 valence electrons. The molecule has 1 aromatic rings. The normalized spacial score (nSPS) is 20.2. The number of amides is 1. The van der Waals surface area contributed by atoms with Crippen LogP contribution in [0.4, 0.5) is 4.39 Å². The number of H-pyrrole nitrogens is 1. The maximum absolute atomic E-state index is 14.5. The molecule has 2 aliphatic heterocycles. The zero-order valence-electron chi connectivity index (χ0n) is 32.7. The summed E-state index contributed by atoms with van der Waals surface area (Å²) in [5.74, 6) is -0.656. The number of halogens is 1. The zero-order valence-corrected chi connectivity index (χ0v) is 32.7. The SMILES string of the molecule is C=C.CC.CC.CC/C(NC(=O)CC1CC=CCc2c1[nH]n(CCN1CCCC1)c2=O)=C(N)\C(O)=C/C(C)N1CCN(C2=CCC=CC=C2F)CC1. The Morgan fingerprint density at radius 2 is 1.75 bits per heavy atom. The molecule has 2 fully saturated rings. The van der Waals surface area contributed by atoms with Crippen molar-refractivity contribution >= 4 is 5.91 Å². The van der Waals surface area contributed by atoms with Gasteiger partial charge in [0.15, 0.2) is 0 Å². The average molecular weight is 724 g/mol. The van der Waals surface area contributed by atoms with E-state index in [1.807, 2.05) is 65.8 Å². The predicted molar refractivity (Wildman–Crippen MR) is 213 cm³/mol. The number of aromatic amines is 1. The molecule has 11 heteroatoms. The number of aliphatic hydroxyl groups excluding tert-OH is 1. The molecular formula is C41H66FN7O3. The van der Waals surface area contributed by atoms with Crippen molar-refractivity contribution in [2.75, 3.05) is 45.8 Å². The van der Waals surface area contributed by atoms with E-state index >= 15 is 0 Å². The van der Waals surface area contributed by atoms with Crippen LogP contribution in [0.5, 0.6) is 0 Å².